The van der Waals surface area contributed by atoms with Crippen LogP contribution in [0.25, 0.3) is 22.5 Å². The summed E-state index contributed by atoms with van der Waals surface area (Å²) in [6, 6.07) is 28.3. The lowest BCUT2D eigenvalue weighted by Crippen LogP contribution is -2.42. The van der Waals surface area contributed by atoms with E-state index in [-0.39, 0.29) is 17.0 Å². The fraction of sp³-hybridized carbons (Fsp3) is 0. The molecule has 1 amide bonds. The number of aromatic nitrogens is 3. The molecule has 0 saturated heterocycles. The second kappa shape index (κ2) is 9.55. The Hall–Kier alpha value is -4.17. The second-order valence-electron chi connectivity index (χ2n) is 6.46. The van der Waals surface area contributed by atoms with Crippen LogP contribution in [0.3, 0.4) is 0 Å². The third kappa shape index (κ3) is 5.06. The van der Waals surface area contributed by atoms with Gasteiger partial charge in [0, 0.05) is 16.7 Å². The quantitative estimate of drug-likeness (QED) is 0.330. The molecular formula is C23H18N6OS. The van der Waals surface area contributed by atoms with Gasteiger partial charge in [-0.2, -0.15) is 0 Å². The van der Waals surface area contributed by atoms with Crippen LogP contribution in [0.1, 0.15) is 10.4 Å². The average Bonchev–Trinajstić information content (AvgIpc) is 2.84. The van der Waals surface area contributed by atoms with Gasteiger partial charge in [0.25, 0.3) is 11.9 Å². The molecule has 0 aliphatic heterocycles. The number of amides is 1. The first-order chi connectivity index (χ1) is 15.2. The summed E-state index contributed by atoms with van der Waals surface area (Å²) in [7, 11) is 0. The highest BCUT2D eigenvalue weighted by atomic mass is 32.1. The third-order valence-corrected chi connectivity index (χ3v) is 4.54. The zero-order valence-corrected chi connectivity index (χ0v) is 17.1. The van der Waals surface area contributed by atoms with Crippen LogP contribution < -0.4 is 16.2 Å². The van der Waals surface area contributed by atoms with E-state index >= 15 is 0 Å². The molecule has 8 heteroatoms. The number of hydrogen-bond donors (Lipinski definition) is 3. The summed E-state index contributed by atoms with van der Waals surface area (Å²) in [5, 5.41) is 11.2. The maximum Gasteiger partial charge on any atom is 0.262 e. The number of benzene rings is 3. The number of carbonyl (C=O) groups excluding carboxylic acids is 1. The van der Waals surface area contributed by atoms with E-state index in [9.17, 15) is 4.79 Å². The highest BCUT2D eigenvalue weighted by Gasteiger charge is 2.14. The van der Waals surface area contributed by atoms with Crippen molar-refractivity contribution in [2.75, 3.05) is 5.43 Å². The second-order valence-corrected chi connectivity index (χ2v) is 6.87. The van der Waals surface area contributed by atoms with E-state index in [2.05, 4.69) is 31.3 Å². The number of anilines is 1. The van der Waals surface area contributed by atoms with Crippen LogP contribution in [0, 0.1) is 0 Å². The van der Waals surface area contributed by atoms with E-state index in [0.717, 1.165) is 11.1 Å². The van der Waals surface area contributed by atoms with Gasteiger partial charge in [0.15, 0.2) is 5.11 Å². The molecule has 0 atom stereocenters. The molecule has 0 spiro atoms. The lowest BCUT2D eigenvalue weighted by Gasteiger charge is -2.13. The third-order valence-electron chi connectivity index (χ3n) is 4.33. The predicted molar refractivity (Wildman–Crippen MR) is 124 cm³/mol. The Labute approximate surface area is 184 Å². The molecule has 3 aromatic carbocycles. The van der Waals surface area contributed by atoms with Crippen LogP contribution in [-0.2, 0) is 0 Å². The first kappa shape index (κ1) is 20.1. The van der Waals surface area contributed by atoms with E-state index in [0.29, 0.717) is 17.0 Å². The molecule has 0 bridgehead atoms. The molecule has 1 heterocycles. The van der Waals surface area contributed by atoms with Crippen LogP contribution >= 0.6 is 12.2 Å². The molecule has 3 N–H and O–H groups in total. The van der Waals surface area contributed by atoms with Crippen LogP contribution in [0.2, 0.25) is 0 Å². The van der Waals surface area contributed by atoms with Crippen LogP contribution in [-0.4, -0.2) is 26.2 Å². The summed E-state index contributed by atoms with van der Waals surface area (Å²) in [5.74, 6) is -0.0989. The average molecular weight is 427 g/mol. The molecule has 0 fully saturated rings. The molecule has 31 heavy (non-hydrogen) atoms. The molecule has 7 nitrogen and oxygen atoms in total. The highest BCUT2D eigenvalue weighted by molar-refractivity contribution is 7.80. The molecule has 0 radical (unpaired) electrons. The van der Waals surface area contributed by atoms with Crippen molar-refractivity contribution in [1.29, 1.82) is 0 Å². The number of hydrazine groups is 1. The summed E-state index contributed by atoms with van der Waals surface area (Å²) in [4.78, 5) is 16.8. The maximum absolute atomic E-state index is 12.2. The van der Waals surface area contributed by atoms with Gasteiger partial charge in [-0.3, -0.25) is 21.0 Å². The zero-order chi connectivity index (χ0) is 21.5. The number of thiocarbonyl (C=S) groups is 1. The molecule has 4 aromatic rings. The smallest absolute Gasteiger partial charge is 0.262 e. The fourth-order valence-electron chi connectivity index (χ4n) is 2.88. The summed E-state index contributed by atoms with van der Waals surface area (Å²) in [5.41, 5.74) is 9.17. The normalized spacial score (nSPS) is 10.2. The van der Waals surface area contributed by atoms with E-state index < -0.39 is 0 Å². The SMILES string of the molecule is O=C(NC(=S)NNc1nnc(-c2ccccc2)c(-c2ccccc2)n1)c1ccccc1. The van der Waals surface area contributed by atoms with Gasteiger partial charge in [-0.25, -0.2) is 4.98 Å². The largest absolute Gasteiger partial charge is 0.298 e. The first-order valence-electron chi connectivity index (χ1n) is 9.48. The Morgan fingerprint density at radius 1 is 0.710 bits per heavy atom. The van der Waals surface area contributed by atoms with Crippen molar-refractivity contribution in [2.45, 2.75) is 0 Å². The zero-order valence-electron chi connectivity index (χ0n) is 16.3. The Morgan fingerprint density at radius 3 is 1.87 bits per heavy atom. The molecule has 152 valence electrons. The number of nitrogens with one attached hydrogen (secondary N) is 3. The molecule has 1 aromatic heterocycles. The molecule has 0 unspecified atom stereocenters. The molecule has 4 rings (SSSR count). The number of hydrogen-bond acceptors (Lipinski definition) is 6. The van der Waals surface area contributed by atoms with E-state index in [4.69, 9.17) is 12.2 Å². The molecule has 0 saturated carbocycles. The van der Waals surface area contributed by atoms with Crippen molar-refractivity contribution in [3.05, 3.63) is 96.6 Å². The van der Waals surface area contributed by atoms with Gasteiger partial charge >= 0.3 is 0 Å². The standard InChI is InChI=1S/C23H18N6OS/c30-21(18-14-8-3-9-15-18)25-23(31)29-28-22-24-19(16-10-4-1-5-11-16)20(26-27-22)17-12-6-2-7-13-17/h1-15H,(H,24,27,28)(H2,25,29,30,31). The molecular weight excluding hydrogens is 408 g/mol. The van der Waals surface area contributed by atoms with Gasteiger partial charge in [0.1, 0.15) is 11.4 Å². The summed E-state index contributed by atoms with van der Waals surface area (Å²) < 4.78 is 0. The predicted octanol–water partition coefficient (Wildman–Crippen LogP) is 3.84. The van der Waals surface area contributed by atoms with Gasteiger partial charge in [0.05, 0.1) is 0 Å². The van der Waals surface area contributed by atoms with Crippen molar-refractivity contribution in [1.82, 2.24) is 25.9 Å². The molecule has 0 aliphatic rings. The molecule has 0 aliphatic carbocycles. The Bertz CT molecular complexity index is 1190. The monoisotopic (exact) mass is 426 g/mol. The fourth-order valence-corrected chi connectivity index (χ4v) is 3.02. The van der Waals surface area contributed by atoms with Gasteiger partial charge in [-0.05, 0) is 24.4 Å². The van der Waals surface area contributed by atoms with Crippen LogP contribution in [0.4, 0.5) is 5.95 Å². The van der Waals surface area contributed by atoms with Crippen molar-refractivity contribution in [3.63, 3.8) is 0 Å². The number of rotatable bonds is 5. The Balaban J connectivity index is 1.51. The summed E-state index contributed by atoms with van der Waals surface area (Å²) >= 11 is 5.18. The lowest BCUT2D eigenvalue weighted by atomic mass is 10.0. The number of nitrogens with zero attached hydrogens (tertiary/aromatic N) is 3. The van der Waals surface area contributed by atoms with Gasteiger partial charge < -0.3 is 0 Å². The lowest BCUT2D eigenvalue weighted by molar-refractivity contribution is 0.0977. The van der Waals surface area contributed by atoms with Crippen molar-refractivity contribution in [3.8, 4) is 22.5 Å². The van der Waals surface area contributed by atoms with Crippen molar-refractivity contribution in [2.24, 2.45) is 0 Å². The first-order valence-corrected chi connectivity index (χ1v) is 9.89. The minimum absolute atomic E-state index is 0.0888. The Morgan fingerprint density at radius 2 is 1.26 bits per heavy atom. The summed E-state index contributed by atoms with van der Waals surface area (Å²) in [6.45, 7) is 0. The van der Waals surface area contributed by atoms with Crippen molar-refractivity contribution < 1.29 is 4.79 Å². The minimum atomic E-state index is -0.316. The van der Waals surface area contributed by atoms with Gasteiger partial charge in [-0.1, -0.05) is 78.9 Å². The van der Waals surface area contributed by atoms with Gasteiger partial charge in [0.2, 0.25) is 0 Å². The van der Waals surface area contributed by atoms with Crippen molar-refractivity contribution >= 4 is 29.2 Å². The van der Waals surface area contributed by atoms with E-state index in [1.807, 2.05) is 66.7 Å². The van der Waals surface area contributed by atoms with Gasteiger partial charge in [-0.15, -0.1) is 10.2 Å². The number of carbonyl (C=O) groups is 1. The highest BCUT2D eigenvalue weighted by Crippen LogP contribution is 2.28. The topological polar surface area (TPSA) is 91.8 Å². The maximum atomic E-state index is 12.2. The van der Waals surface area contributed by atoms with Crippen LogP contribution in [0.5, 0.6) is 0 Å². The minimum Gasteiger partial charge on any atom is -0.298 e. The van der Waals surface area contributed by atoms with Crippen LogP contribution in [0.15, 0.2) is 91.0 Å². The van der Waals surface area contributed by atoms with E-state index in [1.54, 1.807) is 24.3 Å². The van der Waals surface area contributed by atoms with E-state index in [1.165, 1.54) is 0 Å². The summed E-state index contributed by atoms with van der Waals surface area (Å²) in [6.07, 6.45) is 0. The Kier molecular flexibility index (Phi) is 6.20.